The minimum Gasteiger partial charge on any atom is -0.461 e. The number of ether oxygens (including phenoxy) is 2. The first-order chi connectivity index (χ1) is 29.4. The molecule has 0 saturated carbocycles. The van der Waals surface area contributed by atoms with E-state index < -0.39 is 37.4 Å². The van der Waals surface area contributed by atoms with Crippen LogP contribution in [0, 0.1) is 10.1 Å². The smallest absolute Gasteiger partial charge is 0.340 e. The van der Waals surface area contributed by atoms with E-state index in [9.17, 15) is 28.1 Å². The van der Waals surface area contributed by atoms with Crippen molar-refractivity contribution in [1.82, 2.24) is 9.62 Å². The maximum atomic E-state index is 13.8. The second kappa shape index (κ2) is 19.3. The fourth-order valence-corrected chi connectivity index (χ4v) is 9.81. The van der Waals surface area contributed by atoms with Crippen molar-refractivity contribution in [3.8, 4) is 11.1 Å². The summed E-state index contributed by atoms with van der Waals surface area (Å²) in [6.45, 7) is 2.43. The number of piperidine rings is 1. The minimum atomic E-state index is -4.70. The lowest BCUT2D eigenvalue weighted by Gasteiger charge is -2.42. The Kier molecular flexibility index (Phi) is 13.7. The predicted octanol–water partition coefficient (Wildman–Crippen LogP) is 7.67. The quantitative estimate of drug-likeness (QED) is 0.0546. The Bertz CT molecular complexity index is 2450. The molecule has 0 radical (unpaired) electrons. The molecule has 2 heterocycles. The molecule has 1 amide bonds. The maximum absolute atomic E-state index is 13.8. The normalized spacial score (nSPS) is 17.2. The van der Waals surface area contributed by atoms with Crippen molar-refractivity contribution in [2.45, 2.75) is 47.1 Å². The summed E-state index contributed by atoms with van der Waals surface area (Å²) >= 11 is 1.55. The molecule has 5 aromatic rings. The monoisotopic (exact) mass is 863 g/mol. The molecule has 0 bridgehead atoms. The Labute approximate surface area is 360 Å². The lowest BCUT2D eigenvalue weighted by atomic mass is 9.82. The molecule has 1 fully saturated rings. The van der Waals surface area contributed by atoms with Crippen molar-refractivity contribution in [2.24, 2.45) is 0 Å². The Morgan fingerprint density at radius 1 is 0.918 bits per heavy atom. The molecule has 1 saturated heterocycles. The molecule has 2 N–H and O–H groups in total. The predicted molar refractivity (Wildman–Crippen MR) is 238 cm³/mol. The van der Waals surface area contributed by atoms with Crippen LogP contribution in [0.4, 0.5) is 17.1 Å². The first-order valence-electron chi connectivity index (χ1n) is 20.2. The van der Waals surface area contributed by atoms with Gasteiger partial charge in [-0.05, 0) is 92.0 Å². The molecule has 5 aromatic carbocycles. The van der Waals surface area contributed by atoms with Gasteiger partial charge in [0.25, 0.3) is 21.6 Å². The van der Waals surface area contributed by atoms with Gasteiger partial charge in [0.2, 0.25) is 0 Å². The minimum absolute atomic E-state index is 0.0102. The van der Waals surface area contributed by atoms with Crippen molar-refractivity contribution in [2.75, 3.05) is 62.9 Å². The molecule has 2 aliphatic rings. The fraction of sp³-hybridized carbons (Fsp3) is 0.304. The van der Waals surface area contributed by atoms with E-state index in [1.165, 1.54) is 11.1 Å². The van der Waals surface area contributed by atoms with Gasteiger partial charge in [0.05, 0.1) is 21.0 Å². The summed E-state index contributed by atoms with van der Waals surface area (Å²) in [6.07, 6.45) is 2.87. The van der Waals surface area contributed by atoms with Gasteiger partial charge in [-0.2, -0.15) is 0 Å². The second-order valence-corrected chi connectivity index (χ2v) is 18.1. The molecule has 2 aliphatic heterocycles. The second-order valence-electron chi connectivity index (χ2n) is 15.4. The Balaban J connectivity index is 1.05. The summed E-state index contributed by atoms with van der Waals surface area (Å²) in [7, 11) is -1.05. The number of benzene rings is 5. The van der Waals surface area contributed by atoms with E-state index in [0.717, 1.165) is 47.5 Å². The molecule has 0 aliphatic carbocycles. The zero-order chi connectivity index (χ0) is 43.0. The number of hydrogen-bond donors (Lipinski definition) is 2. The number of amides is 1. The number of likely N-dealkylation sites (N-methyl/N-ethyl adjacent to an activating group) is 1. The number of esters is 1. The average molecular weight is 864 g/mol. The maximum Gasteiger partial charge on any atom is 0.340 e. The summed E-state index contributed by atoms with van der Waals surface area (Å²) in [4.78, 5) is 43.3. The third-order valence-corrected chi connectivity index (χ3v) is 13.9. The highest BCUT2D eigenvalue weighted by atomic mass is 32.2. The first kappa shape index (κ1) is 43.4. The highest BCUT2D eigenvalue weighted by Crippen LogP contribution is 2.37. The molecular formula is C46H49N5O8S2. The average Bonchev–Trinajstić information content (AvgIpc) is 3.30. The lowest BCUT2D eigenvalue weighted by Crippen LogP contribution is -2.47. The van der Waals surface area contributed by atoms with Gasteiger partial charge in [0, 0.05) is 67.2 Å². The van der Waals surface area contributed by atoms with Gasteiger partial charge in [-0.3, -0.25) is 14.9 Å². The number of carbonyl (C=O) groups is 2. The number of nitrogens with zero attached hydrogens (tertiary/aromatic N) is 3. The lowest BCUT2D eigenvalue weighted by molar-refractivity contribution is -0.384. The van der Waals surface area contributed by atoms with Crippen LogP contribution >= 0.6 is 11.8 Å². The summed E-state index contributed by atoms with van der Waals surface area (Å²) < 4.78 is 41.2. The van der Waals surface area contributed by atoms with E-state index in [1.807, 2.05) is 65.2 Å². The Morgan fingerprint density at radius 2 is 1.59 bits per heavy atom. The molecule has 0 unspecified atom stereocenters. The van der Waals surface area contributed by atoms with Crippen LogP contribution in [-0.4, -0.2) is 94.5 Å². The molecular weight excluding hydrogens is 815 g/mol. The Morgan fingerprint density at radius 3 is 2.28 bits per heavy atom. The fourth-order valence-electron chi connectivity index (χ4n) is 7.80. The third-order valence-electron chi connectivity index (χ3n) is 11.4. The molecule has 0 aromatic heterocycles. The number of fused-ring (bicyclic) bond motifs is 1. The number of cyclic esters (lactones) is 1. The molecule has 0 spiro atoms. The molecule has 15 heteroatoms. The number of thioether (sulfide) groups is 1. The zero-order valence-corrected chi connectivity index (χ0v) is 35.8. The number of anilines is 2. The number of nitro groups is 1. The highest BCUT2D eigenvalue weighted by molar-refractivity contribution is 7.99. The van der Waals surface area contributed by atoms with Crippen molar-refractivity contribution in [3.63, 3.8) is 0 Å². The number of rotatable bonds is 12. The van der Waals surface area contributed by atoms with Crippen LogP contribution < -0.4 is 14.9 Å². The SMILES string of the molecule is COC1(Cc2ccccc2-c2ccccc2)CCN(c2ccc(C(=O)NS(=O)(=O)c3cc4c(c([N+](=O)[O-])c3)N[C@@H](CSc3ccccc3)CCN(C)CCOC4=O)cc2)CC1. The van der Waals surface area contributed by atoms with E-state index in [4.69, 9.17) is 9.47 Å². The van der Waals surface area contributed by atoms with E-state index in [2.05, 4.69) is 46.6 Å². The van der Waals surface area contributed by atoms with E-state index in [1.54, 1.807) is 43.1 Å². The van der Waals surface area contributed by atoms with E-state index in [0.29, 0.717) is 38.4 Å². The molecule has 318 valence electrons. The van der Waals surface area contributed by atoms with Crippen molar-refractivity contribution >= 4 is 50.7 Å². The molecule has 1 atom stereocenters. The number of methoxy groups -OCH3 is 1. The standard InChI is InChI=1S/C46H49N5O8S2/c1-49-24-21-36(32-60-38-14-7-4-8-15-38)47-43-41(45(53)59-28-27-49)29-39(30-42(43)51(54)55)61(56,57)48-44(52)34-17-19-37(20-18-34)50-25-22-46(58-2,23-26-50)31-35-13-9-10-16-40(35)33-11-5-3-6-12-33/h3-20,29-30,36,47H,21-28,31-32H2,1-2H3,(H,48,52)/t36-/m1/s1. The largest absolute Gasteiger partial charge is 0.461 e. The van der Waals surface area contributed by atoms with Gasteiger partial charge < -0.3 is 24.6 Å². The summed E-state index contributed by atoms with van der Waals surface area (Å²) in [5.41, 5.74) is 3.06. The van der Waals surface area contributed by atoms with Crippen molar-refractivity contribution in [1.29, 1.82) is 0 Å². The number of nitrogens with one attached hydrogen (secondary N) is 2. The molecule has 61 heavy (non-hydrogen) atoms. The molecule has 13 nitrogen and oxygen atoms in total. The van der Waals surface area contributed by atoms with Crippen molar-refractivity contribution in [3.05, 3.63) is 148 Å². The van der Waals surface area contributed by atoms with Crippen LogP contribution in [0.2, 0.25) is 0 Å². The van der Waals surface area contributed by atoms with Crippen LogP contribution in [0.5, 0.6) is 0 Å². The van der Waals surface area contributed by atoms with Crippen LogP contribution in [0.25, 0.3) is 11.1 Å². The number of carbonyl (C=O) groups excluding carboxylic acids is 2. The van der Waals surface area contributed by atoms with Gasteiger partial charge in [0.15, 0.2) is 0 Å². The Hall–Kier alpha value is -5.74. The summed E-state index contributed by atoms with van der Waals surface area (Å²) in [5, 5.41) is 15.7. The van der Waals surface area contributed by atoms with Gasteiger partial charge in [0.1, 0.15) is 12.3 Å². The number of sulfonamides is 1. The highest BCUT2D eigenvalue weighted by Gasteiger charge is 2.36. The summed E-state index contributed by atoms with van der Waals surface area (Å²) in [5.74, 6) is -1.35. The van der Waals surface area contributed by atoms with Crippen LogP contribution in [0.3, 0.4) is 0 Å². The van der Waals surface area contributed by atoms with Crippen LogP contribution in [0.15, 0.2) is 131 Å². The van der Waals surface area contributed by atoms with E-state index >= 15 is 0 Å². The topological polar surface area (TPSA) is 160 Å². The molecule has 7 rings (SSSR count). The van der Waals surface area contributed by atoms with Crippen molar-refractivity contribution < 1.29 is 32.4 Å². The number of nitro benzene ring substituents is 1. The van der Waals surface area contributed by atoms with Gasteiger partial charge in [-0.1, -0.05) is 72.8 Å². The first-order valence-corrected chi connectivity index (χ1v) is 22.6. The zero-order valence-electron chi connectivity index (χ0n) is 34.1. The van der Waals surface area contributed by atoms with Crippen LogP contribution in [0.1, 0.15) is 45.5 Å². The van der Waals surface area contributed by atoms with Gasteiger partial charge >= 0.3 is 5.97 Å². The summed E-state index contributed by atoms with van der Waals surface area (Å²) in [6, 6.07) is 36.6. The van der Waals surface area contributed by atoms with Crippen LogP contribution in [-0.2, 0) is 25.9 Å². The third kappa shape index (κ3) is 10.6. The number of hydrogen-bond acceptors (Lipinski definition) is 12. The van der Waals surface area contributed by atoms with Gasteiger partial charge in [-0.25, -0.2) is 17.9 Å². The van der Waals surface area contributed by atoms with E-state index in [-0.39, 0.29) is 35.1 Å². The van der Waals surface area contributed by atoms with Gasteiger partial charge in [-0.15, -0.1) is 11.8 Å².